The van der Waals surface area contributed by atoms with Gasteiger partial charge < -0.3 is 10.0 Å². The first-order valence-corrected chi connectivity index (χ1v) is 9.28. The number of hydrogen-bond donors (Lipinski definition) is 2. The van der Waals surface area contributed by atoms with Crippen molar-refractivity contribution in [1.29, 1.82) is 0 Å². The van der Waals surface area contributed by atoms with Crippen LogP contribution in [-0.4, -0.2) is 61.0 Å². The number of hydrogen-bond acceptors (Lipinski definition) is 5. The molecule has 0 saturated carbocycles. The highest BCUT2D eigenvalue weighted by atomic mass is 32.2. The highest BCUT2D eigenvalue weighted by molar-refractivity contribution is 7.89. The van der Waals surface area contributed by atoms with Gasteiger partial charge in [-0.2, -0.15) is 5.10 Å². The standard InChI is InChI=1S/C14H26N4O3S/c1-12(2)18-14(5-6-15-18)22(20,21)16-7-9-17-8-3-4-13(10-17)11-19/h5-6,12-13,16,19H,3-4,7-11H2,1-2H3/t13-/m0/s1. The van der Waals surface area contributed by atoms with Crippen LogP contribution in [0.1, 0.15) is 32.7 Å². The molecule has 1 aromatic heterocycles. The van der Waals surface area contributed by atoms with Crippen molar-refractivity contribution in [2.24, 2.45) is 5.92 Å². The second-order valence-corrected chi connectivity index (χ2v) is 7.81. The van der Waals surface area contributed by atoms with Crippen molar-refractivity contribution < 1.29 is 13.5 Å². The summed E-state index contributed by atoms with van der Waals surface area (Å²) in [7, 11) is -3.54. The summed E-state index contributed by atoms with van der Waals surface area (Å²) < 4.78 is 28.8. The van der Waals surface area contributed by atoms with Gasteiger partial charge in [-0.25, -0.2) is 13.1 Å². The molecule has 0 aliphatic carbocycles. The highest BCUT2D eigenvalue weighted by Gasteiger charge is 2.22. The van der Waals surface area contributed by atoms with Crippen LogP contribution in [-0.2, 0) is 10.0 Å². The Bertz CT molecular complexity index is 570. The first-order valence-electron chi connectivity index (χ1n) is 7.80. The van der Waals surface area contributed by atoms with Gasteiger partial charge in [0.15, 0.2) is 5.03 Å². The third kappa shape index (κ3) is 4.28. The Morgan fingerprint density at radius 2 is 2.27 bits per heavy atom. The Kier molecular flexibility index (Phi) is 5.96. The monoisotopic (exact) mass is 330 g/mol. The summed E-state index contributed by atoms with van der Waals surface area (Å²) in [5.74, 6) is 0.313. The summed E-state index contributed by atoms with van der Waals surface area (Å²) in [5.41, 5.74) is 0. The molecule has 2 N–H and O–H groups in total. The van der Waals surface area contributed by atoms with Gasteiger partial charge in [0, 0.05) is 32.3 Å². The average Bonchev–Trinajstić information content (AvgIpc) is 2.98. The van der Waals surface area contributed by atoms with E-state index < -0.39 is 10.0 Å². The van der Waals surface area contributed by atoms with Crippen LogP contribution >= 0.6 is 0 Å². The Hall–Kier alpha value is -0.960. The topological polar surface area (TPSA) is 87.5 Å². The number of aliphatic hydroxyl groups is 1. The fourth-order valence-electron chi connectivity index (χ4n) is 2.82. The molecule has 0 aromatic carbocycles. The van der Waals surface area contributed by atoms with Gasteiger partial charge >= 0.3 is 0 Å². The van der Waals surface area contributed by atoms with Crippen LogP contribution in [0.2, 0.25) is 0 Å². The van der Waals surface area contributed by atoms with Gasteiger partial charge in [-0.3, -0.25) is 4.68 Å². The summed E-state index contributed by atoms with van der Waals surface area (Å²) in [6, 6.07) is 1.51. The maximum absolute atomic E-state index is 12.4. The van der Waals surface area contributed by atoms with Crippen molar-refractivity contribution in [3.05, 3.63) is 12.3 Å². The van der Waals surface area contributed by atoms with Gasteiger partial charge in [0.25, 0.3) is 10.0 Å². The highest BCUT2D eigenvalue weighted by Crippen LogP contribution is 2.16. The van der Waals surface area contributed by atoms with Crippen molar-refractivity contribution >= 4 is 10.0 Å². The maximum Gasteiger partial charge on any atom is 0.257 e. The van der Waals surface area contributed by atoms with Crippen LogP contribution in [0.25, 0.3) is 0 Å². The fourth-order valence-corrected chi connectivity index (χ4v) is 4.07. The lowest BCUT2D eigenvalue weighted by molar-refractivity contribution is 0.122. The summed E-state index contributed by atoms with van der Waals surface area (Å²) in [4.78, 5) is 2.20. The van der Waals surface area contributed by atoms with Gasteiger partial charge in [0.05, 0.1) is 6.20 Å². The minimum Gasteiger partial charge on any atom is -0.396 e. The first kappa shape index (κ1) is 17.4. The molecule has 2 heterocycles. The van der Waals surface area contributed by atoms with E-state index >= 15 is 0 Å². The maximum atomic E-state index is 12.4. The molecule has 0 amide bonds. The van der Waals surface area contributed by atoms with Gasteiger partial charge in [-0.1, -0.05) is 0 Å². The fraction of sp³-hybridized carbons (Fsp3) is 0.786. The predicted octanol–water partition coefficient (Wildman–Crippen LogP) is 0.447. The molecule has 0 bridgehead atoms. The largest absolute Gasteiger partial charge is 0.396 e. The van der Waals surface area contributed by atoms with Gasteiger partial charge in [-0.15, -0.1) is 0 Å². The third-order valence-corrected chi connectivity index (χ3v) is 5.44. The molecule has 1 atom stereocenters. The molecular formula is C14H26N4O3S. The number of likely N-dealkylation sites (tertiary alicyclic amines) is 1. The lowest BCUT2D eigenvalue weighted by Crippen LogP contribution is -2.41. The number of aliphatic hydroxyl groups excluding tert-OH is 1. The SMILES string of the molecule is CC(C)n1nccc1S(=O)(=O)NCCN1CCC[C@H](CO)C1. The van der Waals surface area contributed by atoms with Crippen LogP contribution in [0.4, 0.5) is 0 Å². The van der Waals surface area contributed by atoms with Crippen LogP contribution in [0, 0.1) is 5.92 Å². The molecule has 8 heteroatoms. The molecule has 1 aliphatic rings. The predicted molar refractivity (Wildman–Crippen MR) is 84.1 cm³/mol. The molecule has 22 heavy (non-hydrogen) atoms. The molecule has 1 saturated heterocycles. The van der Waals surface area contributed by atoms with Crippen LogP contribution in [0.3, 0.4) is 0 Å². The summed E-state index contributed by atoms with van der Waals surface area (Å²) in [6.07, 6.45) is 3.61. The molecule has 1 aliphatic heterocycles. The lowest BCUT2D eigenvalue weighted by atomic mass is 9.99. The molecular weight excluding hydrogens is 304 g/mol. The van der Waals surface area contributed by atoms with Crippen LogP contribution in [0.5, 0.6) is 0 Å². The minimum atomic E-state index is -3.54. The Labute approximate surface area is 132 Å². The molecule has 1 fully saturated rings. The normalized spacial score (nSPS) is 20.6. The van der Waals surface area contributed by atoms with Crippen molar-refractivity contribution in [3.8, 4) is 0 Å². The van der Waals surface area contributed by atoms with Crippen molar-refractivity contribution in [2.45, 2.75) is 37.8 Å². The number of piperidine rings is 1. The molecule has 7 nitrogen and oxygen atoms in total. The Morgan fingerprint density at radius 3 is 2.95 bits per heavy atom. The van der Waals surface area contributed by atoms with Crippen molar-refractivity contribution in [2.75, 3.05) is 32.8 Å². The molecule has 0 unspecified atom stereocenters. The van der Waals surface area contributed by atoms with Crippen LogP contribution < -0.4 is 4.72 Å². The zero-order valence-corrected chi connectivity index (χ0v) is 14.1. The molecule has 0 radical (unpaired) electrons. The van der Waals surface area contributed by atoms with E-state index in [0.29, 0.717) is 19.0 Å². The zero-order chi connectivity index (χ0) is 16.2. The number of sulfonamides is 1. The second kappa shape index (κ2) is 7.54. The summed E-state index contributed by atoms with van der Waals surface area (Å²) in [5, 5.41) is 13.5. The lowest BCUT2D eigenvalue weighted by Gasteiger charge is -2.31. The number of rotatable bonds is 7. The Balaban J connectivity index is 1.89. The third-order valence-electron chi connectivity index (χ3n) is 3.98. The van der Waals surface area contributed by atoms with E-state index in [1.54, 1.807) is 0 Å². The number of nitrogens with zero attached hydrogens (tertiary/aromatic N) is 3. The van der Waals surface area contributed by atoms with Crippen molar-refractivity contribution in [1.82, 2.24) is 19.4 Å². The molecule has 126 valence electrons. The number of nitrogens with one attached hydrogen (secondary N) is 1. The minimum absolute atomic E-state index is 0.00557. The second-order valence-electron chi connectivity index (χ2n) is 6.10. The van der Waals surface area contributed by atoms with E-state index in [1.165, 1.54) is 16.9 Å². The van der Waals surface area contributed by atoms with E-state index in [2.05, 4.69) is 14.7 Å². The average molecular weight is 330 g/mol. The van der Waals surface area contributed by atoms with Gasteiger partial charge in [0.2, 0.25) is 0 Å². The Morgan fingerprint density at radius 1 is 1.50 bits per heavy atom. The zero-order valence-electron chi connectivity index (χ0n) is 13.3. The molecule has 1 aromatic rings. The van der Waals surface area contributed by atoms with E-state index in [0.717, 1.165) is 25.9 Å². The van der Waals surface area contributed by atoms with Crippen LogP contribution in [0.15, 0.2) is 17.3 Å². The smallest absolute Gasteiger partial charge is 0.257 e. The molecule has 0 spiro atoms. The van der Waals surface area contributed by atoms with E-state index in [4.69, 9.17) is 0 Å². The molecule has 2 rings (SSSR count). The van der Waals surface area contributed by atoms with Crippen molar-refractivity contribution in [3.63, 3.8) is 0 Å². The quantitative estimate of drug-likeness (QED) is 0.758. The van der Waals surface area contributed by atoms with Gasteiger partial charge in [0.1, 0.15) is 0 Å². The van der Waals surface area contributed by atoms with E-state index in [9.17, 15) is 13.5 Å². The van der Waals surface area contributed by atoms with Gasteiger partial charge in [-0.05, 0) is 45.2 Å². The number of aromatic nitrogens is 2. The summed E-state index contributed by atoms with van der Waals surface area (Å²) in [6.45, 7) is 6.82. The summed E-state index contributed by atoms with van der Waals surface area (Å²) >= 11 is 0. The van der Waals surface area contributed by atoms with E-state index in [-0.39, 0.29) is 17.7 Å². The first-order chi connectivity index (χ1) is 10.4. The van der Waals surface area contributed by atoms with E-state index in [1.807, 2.05) is 13.8 Å².